The molecule has 2 aromatic carbocycles. The highest BCUT2D eigenvalue weighted by Crippen LogP contribution is 2.32. The smallest absolute Gasteiger partial charge is 0.243 e. The van der Waals surface area contributed by atoms with Crippen LogP contribution < -0.4 is 10.1 Å². The molecule has 10 heteroatoms. The third-order valence-corrected chi connectivity index (χ3v) is 9.07. The topological polar surface area (TPSA) is 88.6 Å². The van der Waals surface area contributed by atoms with E-state index in [0.29, 0.717) is 52.4 Å². The molecule has 34 heavy (non-hydrogen) atoms. The summed E-state index contributed by atoms with van der Waals surface area (Å²) in [7, 11) is -2.02. The Bertz CT molecular complexity index is 1320. The molecule has 0 radical (unpaired) electrons. The van der Waals surface area contributed by atoms with Gasteiger partial charge in [-0.25, -0.2) is 13.4 Å². The number of aromatic nitrogens is 1. The van der Waals surface area contributed by atoms with Gasteiger partial charge in [-0.15, -0.1) is 11.3 Å². The minimum absolute atomic E-state index is 0.142. The van der Waals surface area contributed by atoms with Gasteiger partial charge >= 0.3 is 0 Å². The summed E-state index contributed by atoms with van der Waals surface area (Å²) >= 11 is 7.54. The van der Waals surface area contributed by atoms with Crippen molar-refractivity contribution in [3.8, 4) is 17.0 Å². The number of sulfonamides is 1. The van der Waals surface area contributed by atoms with E-state index >= 15 is 0 Å². The van der Waals surface area contributed by atoms with Gasteiger partial charge in [0.2, 0.25) is 15.9 Å². The first-order valence-electron chi connectivity index (χ1n) is 10.9. The molecule has 0 spiro atoms. The third kappa shape index (κ3) is 5.12. The number of rotatable bonds is 6. The zero-order valence-electron chi connectivity index (χ0n) is 19.2. The predicted molar refractivity (Wildman–Crippen MR) is 135 cm³/mol. The van der Waals surface area contributed by atoms with Gasteiger partial charge < -0.3 is 10.1 Å². The lowest BCUT2D eigenvalue weighted by Gasteiger charge is -2.30. The molecule has 4 rings (SSSR count). The molecule has 1 aromatic heterocycles. The Hall–Kier alpha value is -2.46. The van der Waals surface area contributed by atoms with Crippen LogP contribution in [0.1, 0.15) is 24.0 Å². The van der Waals surface area contributed by atoms with Crippen molar-refractivity contribution in [2.24, 2.45) is 5.92 Å². The number of thiazole rings is 1. The Morgan fingerprint density at radius 1 is 1.15 bits per heavy atom. The van der Waals surface area contributed by atoms with Gasteiger partial charge in [0.1, 0.15) is 5.75 Å². The van der Waals surface area contributed by atoms with Crippen molar-refractivity contribution >= 4 is 44.0 Å². The van der Waals surface area contributed by atoms with Crippen molar-refractivity contribution in [2.75, 3.05) is 25.5 Å². The Kier molecular flexibility index (Phi) is 7.28. The standard InChI is InChI=1S/C24H26ClN3O4S2/c1-15-4-6-19(12-16(15)2)34(30,31)28-10-8-17(9-11-28)23(29)27-24-26-21(14-33-24)18-5-7-22(32-3)20(25)13-18/h4-7,12-14,17H,8-11H2,1-3H3,(H,26,27,29). The number of aryl methyl sites for hydroxylation is 2. The Morgan fingerprint density at radius 2 is 1.88 bits per heavy atom. The number of piperidine rings is 1. The van der Waals surface area contributed by atoms with Crippen molar-refractivity contribution in [1.29, 1.82) is 0 Å². The van der Waals surface area contributed by atoms with Crippen LogP contribution in [0.4, 0.5) is 5.13 Å². The van der Waals surface area contributed by atoms with E-state index in [9.17, 15) is 13.2 Å². The minimum Gasteiger partial charge on any atom is -0.495 e. The Labute approximate surface area is 208 Å². The number of ether oxygens (including phenoxy) is 1. The number of amides is 1. The number of carbonyl (C=O) groups is 1. The molecule has 1 aliphatic rings. The summed E-state index contributed by atoms with van der Waals surface area (Å²) in [5.41, 5.74) is 3.52. The molecule has 2 heterocycles. The van der Waals surface area contributed by atoms with Gasteiger partial charge in [-0.1, -0.05) is 17.7 Å². The Morgan fingerprint density at radius 3 is 2.53 bits per heavy atom. The second-order valence-electron chi connectivity index (χ2n) is 8.30. The van der Waals surface area contributed by atoms with Crippen molar-refractivity contribution < 1.29 is 17.9 Å². The first-order chi connectivity index (χ1) is 16.2. The maximum atomic E-state index is 13.0. The maximum Gasteiger partial charge on any atom is 0.243 e. The summed E-state index contributed by atoms with van der Waals surface area (Å²) in [5, 5.41) is 5.72. The van der Waals surface area contributed by atoms with Crippen LogP contribution in [0.3, 0.4) is 0 Å². The molecule has 0 saturated carbocycles. The molecule has 1 fully saturated rings. The number of benzene rings is 2. The summed E-state index contributed by atoms with van der Waals surface area (Å²) in [5.74, 6) is 0.172. The largest absolute Gasteiger partial charge is 0.495 e. The lowest BCUT2D eigenvalue weighted by Crippen LogP contribution is -2.41. The molecule has 3 aromatic rings. The fourth-order valence-corrected chi connectivity index (χ4v) is 6.41. The van der Waals surface area contributed by atoms with E-state index in [0.717, 1.165) is 16.7 Å². The molecule has 7 nitrogen and oxygen atoms in total. The predicted octanol–water partition coefficient (Wildman–Crippen LogP) is 5.13. The number of anilines is 1. The average Bonchev–Trinajstić information content (AvgIpc) is 3.29. The van der Waals surface area contributed by atoms with Crippen LogP contribution in [0.5, 0.6) is 5.75 Å². The van der Waals surface area contributed by atoms with Gasteiger partial charge in [0.05, 0.1) is 22.7 Å². The molecular weight excluding hydrogens is 494 g/mol. The molecule has 0 atom stereocenters. The van der Waals surface area contributed by atoms with Crippen molar-refractivity contribution in [1.82, 2.24) is 9.29 Å². The summed E-state index contributed by atoms with van der Waals surface area (Å²) in [6.45, 7) is 4.47. The number of nitrogens with one attached hydrogen (secondary N) is 1. The third-order valence-electron chi connectivity index (χ3n) is 6.12. The number of methoxy groups -OCH3 is 1. The summed E-state index contributed by atoms with van der Waals surface area (Å²) in [4.78, 5) is 17.6. The SMILES string of the molecule is COc1ccc(-c2csc(NC(=O)C3CCN(S(=O)(=O)c4ccc(C)c(C)c4)CC3)n2)cc1Cl. The zero-order chi connectivity index (χ0) is 24.5. The van der Waals surface area contributed by atoms with E-state index in [1.54, 1.807) is 31.4 Å². The van der Waals surface area contributed by atoms with E-state index in [1.807, 2.05) is 31.4 Å². The van der Waals surface area contributed by atoms with Crippen molar-refractivity contribution in [2.45, 2.75) is 31.6 Å². The summed E-state index contributed by atoms with van der Waals surface area (Å²) in [6, 6.07) is 10.6. The first kappa shape index (κ1) is 24.7. The molecule has 1 N–H and O–H groups in total. The second-order valence-corrected chi connectivity index (χ2v) is 11.5. The number of halogens is 1. The van der Waals surface area contributed by atoms with Crippen LogP contribution in [0.15, 0.2) is 46.7 Å². The van der Waals surface area contributed by atoms with Crippen LogP contribution in [0, 0.1) is 19.8 Å². The number of nitrogens with zero attached hydrogens (tertiary/aromatic N) is 2. The van der Waals surface area contributed by atoms with E-state index in [2.05, 4.69) is 10.3 Å². The van der Waals surface area contributed by atoms with Crippen LogP contribution in [0.25, 0.3) is 11.3 Å². The number of hydrogen-bond acceptors (Lipinski definition) is 6. The molecule has 1 amide bonds. The monoisotopic (exact) mass is 519 g/mol. The highest BCUT2D eigenvalue weighted by atomic mass is 35.5. The Balaban J connectivity index is 1.37. The van der Waals surface area contributed by atoms with Crippen LogP contribution in [-0.4, -0.2) is 43.8 Å². The zero-order valence-corrected chi connectivity index (χ0v) is 21.6. The van der Waals surface area contributed by atoms with E-state index < -0.39 is 10.0 Å². The van der Waals surface area contributed by atoms with Gasteiger partial charge in [-0.05, 0) is 68.1 Å². The van der Waals surface area contributed by atoms with Gasteiger partial charge in [0, 0.05) is 30.0 Å². The fraction of sp³-hybridized carbons (Fsp3) is 0.333. The molecule has 0 aliphatic carbocycles. The minimum atomic E-state index is -3.57. The van der Waals surface area contributed by atoms with Crippen molar-refractivity contribution in [3.05, 3.63) is 57.9 Å². The molecule has 0 unspecified atom stereocenters. The highest BCUT2D eigenvalue weighted by Gasteiger charge is 2.32. The van der Waals surface area contributed by atoms with E-state index in [1.165, 1.54) is 15.6 Å². The lowest BCUT2D eigenvalue weighted by atomic mass is 9.97. The quantitative estimate of drug-likeness (QED) is 0.488. The molecule has 0 bridgehead atoms. The summed E-state index contributed by atoms with van der Waals surface area (Å²) < 4.78 is 32.7. The molecule has 1 aliphatic heterocycles. The van der Waals surface area contributed by atoms with Crippen molar-refractivity contribution in [3.63, 3.8) is 0 Å². The average molecular weight is 520 g/mol. The first-order valence-corrected chi connectivity index (χ1v) is 13.6. The fourth-order valence-electron chi connectivity index (χ4n) is 3.88. The number of carbonyl (C=O) groups excluding carboxylic acids is 1. The van der Waals surface area contributed by atoms with Crippen LogP contribution in [-0.2, 0) is 14.8 Å². The number of hydrogen-bond donors (Lipinski definition) is 1. The summed E-state index contributed by atoms with van der Waals surface area (Å²) in [6.07, 6.45) is 0.921. The maximum absolute atomic E-state index is 13.0. The molecular formula is C24H26ClN3O4S2. The van der Waals surface area contributed by atoms with Gasteiger partial charge in [-0.3, -0.25) is 4.79 Å². The normalized spacial score (nSPS) is 15.3. The second kappa shape index (κ2) is 10.0. The lowest BCUT2D eigenvalue weighted by molar-refractivity contribution is -0.120. The molecule has 180 valence electrons. The van der Waals surface area contributed by atoms with E-state index in [-0.39, 0.29) is 11.8 Å². The van der Waals surface area contributed by atoms with Crippen LogP contribution in [0.2, 0.25) is 5.02 Å². The highest BCUT2D eigenvalue weighted by molar-refractivity contribution is 7.89. The van der Waals surface area contributed by atoms with Gasteiger partial charge in [-0.2, -0.15) is 4.31 Å². The van der Waals surface area contributed by atoms with E-state index in [4.69, 9.17) is 16.3 Å². The van der Waals surface area contributed by atoms with Crippen LogP contribution >= 0.6 is 22.9 Å². The van der Waals surface area contributed by atoms with Gasteiger partial charge in [0.15, 0.2) is 5.13 Å². The van der Waals surface area contributed by atoms with Gasteiger partial charge in [0.25, 0.3) is 0 Å². The molecule has 1 saturated heterocycles.